The predicted molar refractivity (Wildman–Crippen MR) is 169 cm³/mol. The van der Waals surface area contributed by atoms with Crippen LogP contribution in [0.4, 0.5) is 19.0 Å². The average Bonchev–Trinajstić information content (AvgIpc) is 3.54. The van der Waals surface area contributed by atoms with E-state index in [1.54, 1.807) is 6.07 Å². The molecule has 1 aromatic carbocycles. The van der Waals surface area contributed by atoms with Crippen molar-refractivity contribution in [2.75, 3.05) is 38.0 Å². The molecule has 2 atom stereocenters. The topological polar surface area (TPSA) is 85.0 Å². The van der Waals surface area contributed by atoms with Crippen LogP contribution in [-0.4, -0.2) is 81.4 Å². The Morgan fingerprint density at radius 3 is 2.50 bits per heavy atom. The number of nitrogens with one attached hydrogen (secondary N) is 2. The van der Waals surface area contributed by atoms with Crippen LogP contribution >= 0.6 is 11.3 Å². The first kappa shape index (κ1) is 30.8. The van der Waals surface area contributed by atoms with Crippen LogP contribution in [-0.2, 0) is 19.5 Å². The molecule has 44 heavy (non-hydrogen) atoms. The van der Waals surface area contributed by atoms with Crippen molar-refractivity contribution in [3.63, 3.8) is 0 Å². The fourth-order valence-electron chi connectivity index (χ4n) is 6.87. The van der Waals surface area contributed by atoms with Gasteiger partial charge in [0.1, 0.15) is 28.7 Å². The summed E-state index contributed by atoms with van der Waals surface area (Å²) in [7, 11) is 0. The van der Waals surface area contributed by atoms with Crippen LogP contribution < -0.4 is 10.6 Å². The molecular weight excluding hydrogens is 585 g/mol. The standard InChI is InChI=1S/C32H39F3N8S/c1-20-16-42(17-21(2)39-20)10-11-43-25(15-36)12-27-22(3)23(4-5-29(27)43)18-41-8-6-24(7-9-41)40-30-28-13-26(14-32(33,34)35)44-31(28)38-19-37-30/h4-5,12-13,19-21,24,39H,6-11,14,16-18H2,1-3H3,(H,37,38,40)/t20-,21-/m1/s1. The molecule has 0 spiro atoms. The first-order valence-electron chi connectivity index (χ1n) is 15.4. The summed E-state index contributed by atoms with van der Waals surface area (Å²) in [4.78, 5) is 14.3. The number of hydrogen-bond donors (Lipinski definition) is 2. The molecular formula is C32H39F3N8S. The van der Waals surface area contributed by atoms with Crippen LogP contribution in [0.3, 0.4) is 0 Å². The van der Waals surface area contributed by atoms with Crippen molar-refractivity contribution in [1.82, 2.24) is 29.7 Å². The van der Waals surface area contributed by atoms with Crippen LogP contribution in [0.2, 0.25) is 0 Å². The van der Waals surface area contributed by atoms with Gasteiger partial charge in [-0.1, -0.05) is 6.07 Å². The molecule has 3 aromatic heterocycles. The van der Waals surface area contributed by atoms with Crippen molar-refractivity contribution in [3.8, 4) is 6.07 Å². The van der Waals surface area contributed by atoms with Crippen LogP contribution in [0.1, 0.15) is 48.4 Å². The number of benzene rings is 1. The Hall–Kier alpha value is -3.24. The highest BCUT2D eigenvalue weighted by atomic mass is 32.1. The van der Waals surface area contributed by atoms with E-state index in [-0.39, 0.29) is 10.9 Å². The van der Waals surface area contributed by atoms with Gasteiger partial charge in [0.25, 0.3) is 0 Å². The molecule has 2 N–H and O–H groups in total. The van der Waals surface area contributed by atoms with E-state index < -0.39 is 12.6 Å². The van der Waals surface area contributed by atoms with Crippen LogP contribution in [0, 0.1) is 18.3 Å². The largest absolute Gasteiger partial charge is 0.393 e. The zero-order chi connectivity index (χ0) is 31.0. The van der Waals surface area contributed by atoms with E-state index >= 15 is 0 Å². The number of piperidine rings is 1. The van der Waals surface area contributed by atoms with Gasteiger partial charge in [-0.25, -0.2) is 9.97 Å². The van der Waals surface area contributed by atoms with Crippen molar-refractivity contribution >= 4 is 38.3 Å². The van der Waals surface area contributed by atoms with Gasteiger partial charge in [-0.2, -0.15) is 18.4 Å². The quantitative estimate of drug-likeness (QED) is 0.261. The molecule has 2 aliphatic rings. The molecule has 2 fully saturated rings. The van der Waals surface area contributed by atoms with E-state index in [9.17, 15) is 18.4 Å². The Morgan fingerprint density at radius 2 is 1.80 bits per heavy atom. The Balaban J connectivity index is 1.08. The predicted octanol–water partition coefficient (Wildman–Crippen LogP) is 5.69. The number of rotatable bonds is 8. The summed E-state index contributed by atoms with van der Waals surface area (Å²) in [5.74, 6) is 0.609. The maximum atomic E-state index is 12.9. The molecule has 8 nitrogen and oxygen atoms in total. The zero-order valence-electron chi connectivity index (χ0n) is 25.4. The summed E-state index contributed by atoms with van der Waals surface area (Å²) in [5, 5.41) is 18.8. The van der Waals surface area contributed by atoms with E-state index in [1.165, 1.54) is 17.5 Å². The van der Waals surface area contributed by atoms with Crippen molar-refractivity contribution in [3.05, 3.63) is 52.3 Å². The van der Waals surface area contributed by atoms with Crippen molar-refractivity contribution in [1.29, 1.82) is 5.26 Å². The molecule has 12 heteroatoms. The molecule has 0 amide bonds. The third-order valence-corrected chi connectivity index (χ3v) is 9.97. The molecule has 0 aliphatic carbocycles. The number of likely N-dealkylation sites (tertiary alicyclic amines) is 1. The van der Waals surface area contributed by atoms with Gasteiger partial charge in [0.15, 0.2) is 0 Å². The fourth-order valence-corrected chi connectivity index (χ4v) is 7.89. The maximum Gasteiger partial charge on any atom is 0.393 e. The Kier molecular flexibility index (Phi) is 8.84. The minimum absolute atomic E-state index is 0.188. The van der Waals surface area contributed by atoms with Crippen LogP contribution in [0.15, 0.2) is 30.6 Å². The van der Waals surface area contributed by atoms with Gasteiger partial charge in [-0.15, -0.1) is 11.3 Å². The van der Waals surface area contributed by atoms with Crippen molar-refractivity contribution in [2.45, 2.75) is 77.4 Å². The molecule has 4 aromatic rings. The van der Waals surface area contributed by atoms with Gasteiger partial charge >= 0.3 is 6.18 Å². The van der Waals surface area contributed by atoms with Crippen LogP contribution in [0.25, 0.3) is 21.1 Å². The zero-order valence-corrected chi connectivity index (χ0v) is 26.2. The van der Waals surface area contributed by atoms with Gasteiger partial charge in [0, 0.05) is 79.7 Å². The Morgan fingerprint density at radius 1 is 1.05 bits per heavy atom. The Labute approximate surface area is 259 Å². The van der Waals surface area contributed by atoms with Gasteiger partial charge in [0.05, 0.1) is 11.8 Å². The molecule has 0 bridgehead atoms. The number of fused-ring (bicyclic) bond motifs is 2. The third kappa shape index (κ3) is 6.86. The smallest absolute Gasteiger partial charge is 0.367 e. The lowest BCUT2D eigenvalue weighted by Crippen LogP contribution is -2.54. The normalized spacial score (nSPS) is 20.8. The molecule has 0 radical (unpaired) electrons. The highest BCUT2D eigenvalue weighted by Gasteiger charge is 2.29. The number of halogens is 3. The number of alkyl halides is 3. The molecule has 6 rings (SSSR count). The molecule has 2 saturated heterocycles. The summed E-state index contributed by atoms with van der Waals surface area (Å²) in [6, 6.07) is 11.5. The second kappa shape index (κ2) is 12.6. The number of piperazine rings is 1. The summed E-state index contributed by atoms with van der Waals surface area (Å²) in [6.45, 7) is 13.0. The number of nitriles is 1. The van der Waals surface area contributed by atoms with Crippen molar-refractivity contribution < 1.29 is 13.2 Å². The Bertz CT molecular complexity index is 1650. The minimum Gasteiger partial charge on any atom is -0.367 e. The summed E-state index contributed by atoms with van der Waals surface area (Å²) in [5.41, 5.74) is 4.31. The lowest BCUT2D eigenvalue weighted by molar-refractivity contribution is -0.126. The minimum atomic E-state index is -4.25. The summed E-state index contributed by atoms with van der Waals surface area (Å²) >= 11 is 1.07. The monoisotopic (exact) mass is 624 g/mol. The van der Waals surface area contributed by atoms with Gasteiger partial charge in [0.2, 0.25) is 0 Å². The lowest BCUT2D eigenvalue weighted by Gasteiger charge is -2.36. The van der Waals surface area contributed by atoms with E-state index in [2.05, 4.69) is 73.9 Å². The van der Waals surface area contributed by atoms with E-state index in [0.29, 0.717) is 33.8 Å². The number of thiophene rings is 1. The number of anilines is 1. The van der Waals surface area contributed by atoms with Gasteiger partial charge in [-0.3, -0.25) is 9.80 Å². The van der Waals surface area contributed by atoms with E-state index in [4.69, 9.17) is 0 Å². The maximum absolute atomic E-state index is 12.9. The number of hydrogen-bond acceptors (Lipinski definition) is 8. The fraction of sp³-hybridized carbons (Fsp3) is 0.531. The number of nitrogens with zero attached hydrogens (tertiary/aromatic N) is 6. The number of aryl methyl sites for hydroxylation is 1. The SMILES string of the molecule is Cc1c(CN2CCC(Nc3ncnc4sc(CC(F)(F)F)cc34)CC2)ccc2c1cc(C#N)n2CCN1C[C@@H](C)N[C@H](C)C1. The van der Waals surface area contributed by atoms with Gasteiger partial charge in [-0.05, 0) is 62.9 Å². The van der Waals surface area contributed by atoms with E-state index in [1.807, 2.05) is 6.07 Å². The lowest BCUT2D eigenvalue weighted by atomic mass is 10.0. The molecule has 234 valence electrons. The second-order valence-electron chi connectivity index (χ2n) is 12.4. The average molecular weight is 625 g/mol. The third-order valence-electron chi connectivity index (χ3n) is 8.93. The number of aromatic nitrogens is 3. The summed E-state index contributed by atoms with van der Waals surface area (Å²) in [6.07, 6.45) is -1.96. The van der Waals surface area contributed by atoms with Crippen LogP contribution in [0.5, 0.6) is 0 Å². The first-order valence-corrected chi connectivity index (χ1v) is 16.2. The first-order chi connectivity index (χ1) is 21.1. The molecule has 0 saturated carbocycles. The highest BCUT2D eigenvalue weighted by Crippen LogP contribution is 2.33. The van der Waals surface area contributed by atoms with Crippen molar-refractivity contribution in [2.24, 2.45) is 0 Å². The van der Waals surface area contributed by atoms with Gasteiger partial charge < -0.3 is 15.2 Å². The van der Waals surface area contributed by atoms with E-state index in [0.717, 1.165) is 80.9 Å². The molecule has 0 unspecified atom stereocenters. The second-order valence-corrected chi connectivity index (χ2v) is 13.6. The molecule has 5 heterocycles. The molecule has 2 aliphatic heterocycles. The highest BCUT2D eigenvalue weighted by molar-refractivity contribution is 7.18. The summed E-state index contributed by atoms with van der Waals surface area (Å²) < 4.78 is 40.9.